The SMILES string of the molecule is CC1(C)CN(c2cccc(F)c2)NC1=O. The molecule has 1 aromatic carbocycles. The molecule has 1 saturated heterocycles. The van der Waals surface area contributed by atoms with Crippen LogP contribution in [0, 0.1) is 11.2 Å². The number of nitrogens with one attached hydrogen (secondary N) is 1. The summed E-state index contributed by atoms with van der Waals surface area (Å²) in [6, 6.07) is 6.18. The molecule has 1 heterocycles. The number of carbonyl (C=O) groups excluding carboxylic acids is 1. The summed E-state index contributed by atoms with van der Waals surface area (Å²) in [5.74, 6) is -0.335. The van der Waals surface area contributed by atoms with Gasteiger partial charge in [-0.15, -0.1) is 0 Å². The van der Waals surface area contributed by atoms with Crippen LogP contribution in [-0.4, -0.2) is 12.5 Å². The van der Waals surface area contributed by atoms with Crippen LogP contribution in [0.15, 0.2) is 24.3 Å². The summed E-state index contributed by atoms with van der Waals surface area (Å²) in [6.45, 7) is 4.28. The molecule has 2 rings (SSSR count). The summed E-state index contributed by atoms with van der Waals surface area (Å²) in [6.07, 6.45) is 0. The molecule has 0 aliphatic carbocycles. The number of halogens is 1. The van der Waals surface area contributed by atoms with E-state index in [9.17, 15) is 9.18 Å². The highest BCUT2D eigenvalue weighted by atomic mass is 19.1. The second-order valence-electron chi connectivity index (χ2n) is 4.39. The molecule has 1 aliphatic heterocycles. The lowest BCUT2D eigenvalue weighted by molar-refractivity contribution is -0.125. The average Bonchev–Trinajstić information content (AvgIpc) is 2.42. The summed E-state index contributed by atoms with van der Waals surface area (Å²) in [5.41, 5.74) is 2.97. The van der Waals surface area contributed by atoms with Crippen LogP contribution in [0.2, 0.25) is 0 Å². The van der Waals surface area contributed by atoms with Crippen molar-refractivity contribution in [3.63, 3.8) is 0 Å². The van der Waals surface area contributed by atoms with Gasteiger partial charge in [-0.3, -0.25) is 15.2 Å². The molecule has 0 aromatic heterocycles. The van der Waals surface area contributed by atoms with Gasteiger partial charge in [0.25, 0.3) is 0 Å². The molecule has 1 aliphatic rings. The number of amides is 1. The molecule has 1 aromatic rings. The van der Waals surface area contributed by atoms with Gasteiger partial charge in [0, 0.05) is 0 Å². The van der Waals surface area contributed by atoms with Gasteiger partial charge in [0.2, 0.25) is 5.91 Å². The lowest BCUT2D eigenvalue weighted by Gasteiger charge is -2.18. The molecule has 1 N–H and O–H groups in total. The number of benzene rings is 1. The number of hydrogen-bond donors (Lipinski definition) is 1. The zero-order valence-corrected chi connectivity index (χ0v) is 8.75. The fraction of sp³-hybridized carbons (Fsp3) is 0.364. The summed E-state index contributed by atoms with van der Waals surface area (Å²) in [4.78, 5) is 11.5. The number of nitrogens with zero attached hydrogens (tertiary/aromatic N) is 1. The van der Waals surface area contributed by atoms with E-state index in [1.165, 1.54) is 12.1 Å². The van der Waals surface area contributed by atoms with E-state index >= 15 is 0 Å². The standard InChI is InChI=1S/C11H13FN2O/c1-11(2)7-14(13-10(11)15)9-5-3-4-8(12)6-9/h3-6H,7H2,1-2H3,(H,13,15). The van der Waals surface area contributed by atoms with Gasteiger partial charge in [-0.05, 0) is 32.0 Å². The highest BCUT2D eigenvalue weighted by Gasteiger charge is 2.38. The smallest absolute Gasteiger partial charge is 0.246 e. The van der Waals surface area contributed by atoms with Crippen molar-refractivity contribution in [2.75, 3.05) is 11.6 Å². The Morgan fingerprint density at radius 3 is 2.73 bits per heavy atom. The molecule has 4 heteroatoms. The summed E-state index contributed by atoms with van der Waals surface area (Å²) in [5, 5.41) is 1.67. The quantitative estimate of drug-likeness (QED) is 0.761. The molecule has 0 spiro atoms. The van der Waals surface area contributed by atoms with Crippen molar-refractivity contribution in [3.8, 4) is 0 Å². The largest absolute Gasteiger partial charge is 0.284 e. The van der Waals surface area contributed by atoms with Gasteiger partial charge in [0.15, 0.2) is 0 Å². The van der Waals surface area contributed by atoms with Crippen molar-refractivity contribution >= 4 is 11.6 Å². The van der Waals surface area contributed by atoms with Gasteiger partial charge in [-0.25, -0.2) is 4.39 Å². The van der Waals surface area contributed by atoms with Crippen LogP contribution >= 0.6 is 0 Å². The third kappa shape index (κ3) is 1.79. The first-order valence-corrected chi connectivity index (χ1v) is 4.83. The predicted octanol–water partition coefficient (Wildman–Crippen LogP) is 1.70. The van der Waals surface area contributed by atoms with E-state index in [1.807, 2.05) is 13.8 Å². The molecule has 3 nitrogen and oxygen atoms in total. The van der Waals surface area contributed by atoms with E-state index in [2.05, 4.69) is 5.43 Å². The predicted molar refractivity (Wildman–Crippen MR) is 55.7 cm³/mol. The molecule has 0 unspecified atom stereocenters. The number of anilines is 1. The molecule has 0 atom stereocenters. The van der Waals surface area contributed by atoms with Crippen molar-refractivity contribution in [1.82, 2.24) is 5.43 Å². The zero-order chi connectivity index (χ0) is 11.1. The Labute approximate surface area is 87.9 Å². The summed E-state index contributed by atoms with van der Waals surface area (Å²) in [7, 11) is 0. The fourth-order valence-electron chi connectivity index (χ4n) is 1.58. The summed E-state index contributed by atoms with van der Waals surface area (Å²) >= 11 is 0. The minimum atomic E-state index is -0.424. The third-order valence-corrected chi connectivity index (χ3v) is 2.52. The minimum Gasteiger partial charge on any atom is -0.284 e. The molecule has 1 amide bonds. The highest BCUT2D eigenvalue weighted by Crippen LogP contribution is 2.26. The molecule has 0 radical (unpaired) electrons. The second-order valence-corrected chi connectivity index (χ2v) is 4.39. The molecular weight excluding hydrogens is 195 g/mol. The zero-order valence-electron chi connectivity index (χ0n) is 8.75. The van der Waals surface area contributed by atoms with E-state index < -0.39 is 5.41 Å². The molecule has 15 heavy (non-hydrogen) atoms. The maximum absolute atomic E-state index is 13.0. The maximum Gasteiger partial charge on any atom is 0.246 e. The van der Waals surface area contributed by atoms with Gasteiger partial charge < -0.3 is 0 Å². The van der Waals surface area contributed by atoms with Crippen LogP contribution < -0.4 is 10.4 Å². The maximum atomic E-state index is 13.0. The first-order valence-electron chi connectivity index (χ1n) is 4.83. The number of rotatable bonds is 1. The number of hydrogen-bond acceptors (Lipinski definition) is 2. The lowest BCUT2D eigenvalue weighted by atomic mass is 9.94. The van der Waals surface area contributed by atoms with Crippen molar-refractivity contribution < 1.29 is 9.18 Å². The fourth-order valence-corrected chi connectivity index (χ4v) is 1.58. The van der Waals surface area contributed by atoms with Crippen LogP contribution in [0.1, 0.15) is 13.8 Å². The first-order chi connectivity index (χ1) is 6.99. The molecular formula is C11H13FN2O. The van der Waals surface area contributed by atoms with E-state index in [4.69, 9.17) is 0 Å². The Bertz CT molecular complexity index is 403. The average molecular weight is 208 g/mol. The van der Waals surface area contributed by atoms with Crippen LogP contribution in [0.25, 0.3) is 0 Å². The number of carbonyl (C=O) groups is 1. The number of hydrazine groups is 1. The Hall–Kier alpha value is -1.58. The first kappa shape index (κ1) is 9.96. The Kier molecular flexibility index (Phi) is 2.14. The van der Waals surface area contributed by atoms with Gasteiger partial charge in [0.1, 0.15) is 5.82 Å². The van der Waals surface area contributed by atoms with Crippen molar-refractivity contribution in [1.29, 1.82) is 0 Å². The van der Waals surface area contributed by atoms with Gasteiger partial charge in [-0.1, -0.05) is 6.07 Å². The molecule has 0 bridgehead atoms. The van der Waals surface area contributed by atoms with Crippen LogP contribution in [0.4, 0.5) is 10.1 Å². The Morgan fingerprint density at radius 1 is 1.47 bits per heavy atom. The van der Waals surface area contributed by atoms with E-state index in [0.29, 0.717) is 12.2 Å². The van der Waals surface area contributed by atoms with Crippen LogP contribution in [0.3, 0.4) is 0 Å². The van der Waals surface area contributed by atoms with Crippen molar-refractivity contribution in [2.45, 2.75) is 13.8 Å². The summed E-state index contributed by atoms with van der Waals surface area (Å²) < 4.78 is 13.0. The Balaban J connectivity index is 2.25. The van der Waals surface area contributed by atoms with E-state index in [-0.39, 0.29) is 11.7 Å². The van der Waals surface area contributed by atoms with Crippen molar-refractivity contribution in [2.24, 2.45) is 5.41 Å². The van der Waals surface area contributed by atoms with Crippen LogP contribution in [-0.2, 0) is 4.79 Å². The topological polar surface area (TPSA) is 32.3 Å². The lowest BCUT2D eigenvalue weighted by Crippen LogP contribution is -2.33. The van der Waals surface area contributed by atoms with E-state index in [1.54, 1.807) is 17.1 Å². The van der Waals surface area contributed by atoms with E-state index in [0.717, 1.165) is 0 Å². The normalized spacial score (nSPS) is 19.1. The van der Waals surface area contributed by atoms with Gasteiger partial charge in [-0.2, -0.15) is 0 Å². The van der Waals surface area contributed by atoms with Crippen molar-refractivity contribution in [3.05, 3.63) is 30.1 Å². The minimum absolute atomic E-state index is 0.0354. The third-order valence-electron chi connectivity index (χ3n) is 2.52. The molecule has 1 fully saturated rings. The van der Waals surface area contributed by atoms with Gasteiger partial charge >= 0.3 is 0 Å². The second kappa shape index (κ2) is 3.22. The highest BCUT2D eigenvalue weighted by molar-refractivity contribution is 5.87. The van der Waals surface area contributed by atoms with Gasteiger partial charge in [0.05, 0.1) is 17.6 Å². The molecule has 0 saturated carbocycles. The molecule has 80 valence electrons. The van der Waals surface area contributed by atoms with Crippen LogP contribution in [0.5, 0.6) is 0 Å². The monoisotopic (exact) mass is 208 g/mol. The Morgan fingerprint density at radius 2 is 2.20 bits per heavy atom.